The Balaban J connectivity index is 2.07. The van der Waals surface area contributed by atoms with Gasteiger partial charge in [0.2, 0.25) is 5.91 Å². The molecule has 0 aliphatic heterocycles. The van der Waals surface area contributed by atoms with Gasteiger partial charge in [-0.25, -0.2) is 9.18 Å². The molecule has 0 unspecified atom stereocenters. The Hall–Kier alpha value is -2.15. The number of hydrogen-bond donors (Lipinski definition) is 2. The van der Waals surface area contributed by atoms with Gasteiger partial charge < -0.3 is 15.0 Å². The van der Waals surface area contributed by atoms with Crippen molar-refractivity contribution in [1.82, 2.24) is 4.57 Å². The van der Waals surface area contributed by atoms with Crippen LogP contribution in [0.2, 0.25) is 0 Å². The zero-order valence-electron chi connectivity index (χ0n) is 10.1. The first-order chi connectivity index (χ1) is 9.47. The molecule has 1 amide bonds. The summed E-state index contributed by atoms with van der Waals surface area (Å²) < 4.78 is 14.9. The summed E-state index contributed by atoms with van der Waals surface area (Å²) in [4.78, 5) is 22.7. The summed E-state index contributed by atoms with van der Waals surface area (Å²) in [5.41, 5.74) is 0.321. The molecule has 0 aliphatic rings. The molecule has 0 saturated carbocycles. The number of rotatable bonds is 4. The van der Waals surface area contributed by atoms with Gasteiger partial charge in [0.1, 0.15) is 18.1 Å². The predicted octanol–water partition coefficient (Wildman–Crippen LogP) is 2.73. The Morgan fingerprint density at radius 2 is 2.10 bits per heavy atom. The molecular weight excluding hydrogens is 331 g/mol. The summed E-state index contributed by atoms with van der Waals surface area (Å²) in [5, 5.41) is 11.4. The van der Waals surface area contributed by atoms with Crippen LogP contribution in [-0.4, -0.2) is 21.6 Å². The van der Waals surface area contributed by atoms with Crippen LogP contribution in [0.25, 0.3) is 0 Å². The van der Waals surface area contributed by atoms with Crippen molar-refractivity contribution in [2.75, 3.05) is 5.32 Å². The van der Waals surface area contributed by atoms with Crippen molar-refractivity contribution in [2.24, 2.45) is 0 Å². The van der Waals surface area contributed by atoms with Crippen LogP contribution < -0.4 is 5.32 Å². The Morgan fingerprint density at radius 1 is 1.35 bits per heavy atom. The molecule has 2 aromatic rings. The van der Waals surface area contributed by atoms with E-state index < -0.39 is 17.7 Å². The lowest BCUT2D eigenvalue weighted by Gasteiger charge is -2.08. The van der Waals surface area contributed by atoms with Gasteiger partial charge in [0.05, 0.1) is 4.47 Å². The number of carbonyl (C=O) groups is 2. The molecule has 20 heavy (non-hydrogen) atoms. The first-order valence-electron chi connectivity index (χ1n) is 5.60. The number of hydrogen-bond acceptors (Lipinski definition) is 2. The lowest BCUT2D eigenvalue weighted by Crippen LogP contribution is -2.20. The number of halogens is 2. The van der Waals surface area contributed by atoms with E-state index in [2.05, 4.69) is 21.2 Å². The number of aromatic nitrogens is 1. The molecule has 1 aromatic heterocycles. The van der Waals surface area contributed by atoms with E-state index in [4.69, 9.17) is 5.11 Å². The first-order valence-corrected chi connectivity index (χ1v) is 6.40. The van der Waals surface area contributed by atoms with E-state index in [0.717, 1.165) is 0 Å². The van der Waals surface area contributed by atoms with Crippen molar-refractivity contribution in [3.63, 3.8) is 0 Å². The molecule has 104 valence electrons. The highest BCUT2D eigenvalue weighted by Crippen LogP contribution is 2.19. The van der Waals surface area contributed by atoms with Crippen molar-refractivity contribution < 1.29 is 19.1 Å². The van der Waals surface area contributed by atoms with Gasteiger partial charge in [0.25, 0.3) is 0 Å². The second-order valence-corrected chi connectivity index (χ2v) is 4.86. The zero-order valence-corrected chi connectivity index (χ0v) is 11.7. The second kappa shape index (κ2) is 5.87. The minimum absolute atomic E-state index is 0.0159. The normalized spacial score (nSPS) is 10.3. The molecule has 0 aliphatic carbocycles. The van der Waals surface area contributed by atoms with E-state index >= 15 is 0 Å². The second-order valence-electron chi connectivity index (χ2n) is 4.00. The first kappa shape index (κ1) is 14.3. The number of carboxylic acids is 1. The number of carbonyl (C=O) groups excluding carboxylic acids is 1. The zero-order chi connectivity index (χ0) is 14.7. The Bertz CT molecular complexity index is 669. The minimum atomic E-state index is -1.11. The number of aromatic carboxylic acids is 1. The Labute approximate surface area is 122 Å². The van der Waals surface area contributed by atoms with E-state index in [1.807, 2.05) is 0 Å². The average molecular weight is 341 g/mol. The van der Waals surface area contributed by atoms with Crippen LogP contribution >= 0.6 is 15.9 Å². The molecule has 7 heteroatoms. The number of nitrogens with zero attached hydrogens (tertiary/aromatic N) is 1. The third-order valence-corrected chi connectivity index (χ3v) is 3.21. The molecule has 2 N–H and O–H groups in total. The average Bonchev–Trinajstić information content (AvgIpc) is 2.82. The monoisotopic (exact) mass is 340 g/mol. The van der Waals surface area contributed by atoms with Crippen molar-refractivity contribution in [3.8, 4) is 0 Å². The smallest absolute Gasteiger partial charge is 0.352 e. The van der Waals surface area contributed by atoms with Crippen LogP contribution in [0.1, 0.15) is 10.5 Å². The van der Waals surface area contributed by atoms with Crippen LogP contribution in [0, 0.1) is 5.82 Å². The summed E-state index contributed by atoms with van der Waals surface area (Å²) in [6, 6.07) is 7.13. The molecule has 5 nitrogen and oxygen atoms in total. The van der Waals surface area contributed by atoms with Crippen molar-refractivity contribution in [1.29, 1.82) is 0 Å². The molecule has 0 atom stereocenters. The number of benzene rings is 1. The number of nitrogens with one attached hydrogen (secondary N) is 1. The van der Waals surface area contributed by atoms with Gasteiger partial charge in [-0.2, -0.15) is 0 Å². The topological polar surface area (TPSA) is 71.3 Å². The Morgan fingerprint density at radius 3 is 2.75 bits per heavy atom. The highest BCUT2D eigenvalue weighted by molar-refractivity contribution is 9.10. The lowest BCUT2D eigenvalue weighted by atomic mass is 10.3. The molecule has 0 fully saturated rings. The van der Waals surface area contributed by atoms with Crippen LogP contribution in [0.4, 0.5) is 10.1 Å². The SMILES string of the molecule is O=C(Cn1cccc1C(=O)O)Nc1ccc(Br)c(F)c1. The van der Waals surface area contributed by atoms with Crippen molar-refractivity contribution >= 4 is 33.5 Å². The van der Waals surface area contributed by atoms with E-state index in [0.29, 0.717) is 10.2 Å². The molecule has 0 saturated heterocycles. The number of anilines is 1. The van der Waals surface area contributed by atoms with Crippen LogP contribution in [0.15, 0.2) is 41.0 Å². The van der Waals surface area contributed by atoms with E-state index in [1.165, 1.54) is 35.0 Å². The van der Waals surface area contributed by atoms with Gasteiger partial charge in [-0.3, -0.25) is 4.79 Å². The standard InChI is InChI=1S/C13H10BrFN2O3/c14-9-4-3-8(6-10(9)15)16-12(18)7-17-5-1-2-11(17)13(19)20/h1-6H,7H2,(H,16,18)(H,19,20). The van der Waals surface area contributed by atoms with Crippen LogP contribution in [0.3, 0.4) is 0 Å². The summed E-state index contributed by atoms with van der Waals surface area (Å²) in [6.07, 6.45) is 1.49. The van der Waals surface area contributed by atoms with Gasteiger partial charge in [-0.1, -0.05) is 0 Å². The predicted molar refractivity (Wildman–Crippen MR) is 74.1 cm³/mol. The summed E-state index contributed by atoms with van der Waals surface area (Å²) in [6.45, 7) is -0.160. The summed E-state index contributed by atoms with van der Waals surface area (Å²) in [7, 11) is 0. The minimum Gasteiger partial charge on any atom is -0.477 e. The highest BCUT2D eigenvalue weighted by atomic mass is 79.9. The summed E-state index contributed by atoms with van der Waals surface area (Å²) >= 11 is 3.01. The van der Waals surface area contributed by atoms with Gasteiger partial charge in [0, 0.05) is 11.9 Å². The fourth-order valence-corrected chi connectivity index (χ4v) is 1.92. The van der Waals surface area contributed by atoms with E-state index in [-0.39, 0.29) is 12.2 Å². The third kappa shape index (κ3) is 3.24. The maximum atomic E-state index is 13.3. The van der Waals surface area contributed by atoms with Gasteiger partial charge in [0.15, 0.2) is 0 Å². The lowest BCUT2D eigenvalue weighted by molar-refractivity contribution is -0.116. The van der Waals surface area contributed by atoms with Crippen molar-refractivity contribution in [2.45, 2.75) is 6.54 Å². The van der Waals surface area contributed by atoms with Crippen LogP contribution in [-0.2, 0) is 11.3 Å². The molecule has 1 aromatic carbocycles. The fourth-order valence-electron chi connectivity index (χ4n) is 1.68. The van der Waals surface area contributed by atoms with Gasteiger partial charge in [-0.15, -0.1) is 0 Å². The molecule has 0 radical (unpaired) electrons. The summed E-state index contributed by atoms with van der Waals surface area (Å²) in [5.74, 6) is -2.04. The number of carboxylic acid groups (broad SMARTS) is 1. The van der Waals surface area contributed by atoms with Crippen molar-refractivity contribution in [3.05, 3.63) is 52.5 Å². The highest BCUT2D eigenvalue weighted by Gasteiger charge is 2.12. The van der Waals surface area contributed by atoms with E-state index in [9.17, 15) is 14.0 Å². The molecule has 0 spiro atoms. The molecular formula is C13H10BrFN2O3. The molecule has 0 bridgehead atoms. The molecule has 2 rings (SSSR count). The van der Waals surface area contributed by atoms with Gasteiger partial charge >= 0.3 is 5.97 Å². The molecule has 1 heterocycles. The maximum Gasteiger partial charge on any atom is 0.352 e. The fraction of sp³-hybridized carbons (Fsp3) is 0.0769. The maximum absolute atomic E-state index is 13.3. The van der Waals surface area contributed by atoms with E-state index in [1.54, 1.807) is 6.07 Å². The largest absolute Gasteiger partial charge is 0.477 e. The Kier molecular flexibility index (Phi) is 4.19. The van der Waals surface area contributed by atoms with Crippen LogP contribution in [0.5, 0.6) is 0 Å². The quantitative estimate of drug-likeness (QED) is 0.898. The number of amides is 1. The third-order valence-electron chi connectivity index (χ3n) is 2.57. The van der Waals surface area contributed by atoms with Gasteiger partial charge in [-0.05, 0) is 46.3 Å².